The lowest BCUT2D eigenvalue weighted by molar-refractivity contribution is 0.0863. The first-order valence-electron chi connectivity index (χ1n) is 6.56. The van der Waals surface area contributed by atoms with Crippen LogP contribution in [0, 0.1) is 11.7 Å². The summed E-state index contributed by atoms with van der Waals surface area (Å²) in [4.78, 5) is 24.3. The second-order valence-electron chi connectivity index (χ2n) is 4.91. The van der Waals surface area contributed by atoms with Gasteiger partial charge in [0.2, 0.25) is 0 Å². The van der Waals surface area contributed by atoms with Crippen molar-refractivity contribution in [1.29, 1.82) is 0 Å². The maximum absolute atomic E-state index is 12.8. The lowest BCUT2D eigenvalue weighted by atomic mass is 9.92. The molecule has 108 valence electrons. The molecule has 2 nitrogen and oxygen atoms in total. The first-order valence-corrected chi connectivity index (χ1v) is 6.93. The van der Waals surface area contributed by atoms with Crippen LogP contribution in [0.3, 0.4) is 0 Å². The van der Waals surface area contributed by atoms with Gasteiger partial charge in [0.1, 0.15) is 5.82 Å². The van der Waals surface area contributed by atoms with Crippen LogP contribution < -0.4 is 0 Å². The van der Waals surface area contributed by atoms with E-state index in [1.54, 1.807) is 31.2 Å². The molecule has 0 amide bonds. The van der Waals surface area contributed by atoms with Gasteiger partial charge >= 0.3 is 0 Å². The number of carbonyl (C=O) groups excluding carboxylic acids is 2. The maximum Gasteiger partial charge on any atom is 0.166 e. The van der Waals surface area contributed by atoms with Gasteiger partial charge < -0.3 is 0 Å². The fraction of sp³-hybridized carbons (Fsp3) is 0.176. The summed E-state index contributed by atoms with van der Waals surface area (Å²) >= 11 is 5.78. The predicted molar refractivity (Wildman–Crippen MR) is 80.3 cm³/mol. The highest BCUT2D eigenvalue weighted by atomic mass is 35.5. The SMILES string of the molecule is CC(CC(=O)c1ccc(F)cc1)C(=O)c1ccc(Cl)cc1. The van der Waals surface area contributed by atoms with Crippen LogP contribution in [0.4, 0.5) is 4.39 Å². The molecule has 2 aromatic carbocycles. The van der Waals surface area contributed by atoms with Gasteiger partial charge in [-0.3, -0.25) is 9.59 Å². The Morgan fingerprint density at radius 2 is 1.52 bits per heavy atom. The van der Waals surface area contributed by atoms with Crippen molar-refractivity contribution in [2.45, 2.75) is 13.3 Å². The minimum absolute atomic E-state index is 0.0904. The molecular weight excluding hydrogens is 291 g/mol. The van der Waals surface area contributed by atoms with Crippen molar-refractivity contribution in [3.8, 4) is 0 Å². The highest BCUT2D eigenvalue weighted by molar-refractivity contribution is 6.30. The van der Waals surface area contributed by atoms with Crippen molar-refractivity contribution in [2.24, 2.45) is 5.92 Å². The van der Waals surface area contributed by atoms with Gasteiger partial charge in [0, 0.05) is 28.5 Å². The smallest absolute Gasteiger partial charge is 0.166 e. The molecule has 0 aliphatic heterocycles. The van der Waals surface area contributed by atoms with E-state index in [9.17, 15) is 14.0 Å². The normalized spacial score (nSPS) is 12.0. The first-order chi connectivity index (χ1) is 9.97. The van der Waals surface area contributed by atoms with Gasteiger partial charge in [-0.25, -0.2) is 4.39 Å². The van der Waals surface area contributed by atoms with E-state index in [4.69, 9.17) is 11.6 Å². The third-order valence-electron chi connectivity index (χ3n) is 3.23. The Kier molecular flexibility index (Phi) is 4.86. The van der Waals surface area contributed by atoms with Crippen LogP contribution in [-0.2, 0) is 0 Å². The van der Waals surface area contributed by atoms with E-state index in [-0.39, 0.29) is 18.0 Å². The maximum atomic E-state index is 12.8. The quantitative estimate of drug-likeness (QED) is 0.758. The monoisotopic (exact) mass is 304 g/mol. The molecule has 21 heavy (non-hydrogen) atoms. The van der Waals surface area contributed by atoms with Crippen LogP contribution in [-0.4, -0.2) is 11.6 Å². The molecule has 2 aromatic rings. The number of ketones is 2. The minimum atomic E-state index is -0.441. The molecule has 0 bridgehead atoms. The van der Waals surface area contributed by atoms with Gasteiger partial charge in [-0.05, 0) is 48.5 Å². The third-order valence-corrected chi connectivity index (χ3v) is 3.49. The lowest BCUT2D eigenvalue weighted by Crippen LogP contribution is -2.16. The zero-order valence-corrected chi connectivity index (χ0v) is 12.2. The van der Waals surface area contributed by atoms with E-state index in [1.807, 2.05) is 0 Å². The van der Waals surface area contributed by atoms with E-state index in [1.165, 1.54) is 24.3 Å². The number of hydrogen-bond donors (Lipinski definition) is 0. The Morgan fingerprint density at radius 3 is 2.10 bits per heavy atom. The van der Waals surface area contributed by atoms with Crippen LogP contribution in [0.15, 0.2) is 48.5 Å². The minimum Gasteiger partial charge on any atom is -0.294 e. The molecule has 0 fully saturated rings. The second kappa shape index (κ2) is 6.64. The van der Waals surface area contributed by atoms with Crippen molar-refractivity contribution >= 4 is 23.2 Å². The standard InChI is InChI=1S/C17H14ClFO2/c1-11(17(21)13-2-6-14(18)7-3-13)10-16(20)12-4-8-15(19)9-5-12/h2-9,11H,10H2,1H3. The summed E-state index contributed by atoms with van der Waals surface area (Å²) in [6.07, 6.45) is 0.0904. The summed E-state index contributed by atoms with van der Waals surface area (Å²) in [5, 5.41) is 0.557. The highest BCUT2D eigenvalue weighted by Crippen LogP contribution is 2.17. The van der Waals surface area contributed by atoms with Crippen molar-refractivity contribution in [1.82, 2.24) is 0 Å². The summed E-state index contributed by atoms with van der Waals surface area (Å²) in [6, 6.07) is 11.9. The zero-order valence-electron chi connectivity index (χ0n) is 11.5. The Hall–Kier alpha value is -2.00. The Balaban J connectivity index is 2.05. The van der Waals surface area contributed by atoms with E-state index in [0.717, 1.165) is 0 Å². The van der Waals surface area contributed by atoms with Gasteiger partial charge in [-0.1, -0.05) is 18.5 Å². The Bertz CT molecular complexity index is 647. The van der Waals surface area contributed by atoms with Crippen LogP contribution in [0.25, 0.3) is 0 Å². The number of Topliss-reactive ketones (excluding diaryl/α,β-unsaturated/α-hetero) is 2. The molecule has 0 saturated heterocycles. The molecule has 0 aliphatic rings. The summed E-state index contributed by atoms with van der Waals surface area (Å²) in [5.41, 5.74) is 0.936. The summed E-state index contributed by atoms with van der Waals surface area (Å²) in [7, 11) is 0. The molecule has 0 heterocycles. The zero-order chi connectivity index (χ0) is 15.4. The largest absolute Gasteiger partial charge is 0.294 e. The molecule has 0 aromatic heterocycles. The number of benzene rings is 2. The average molecular weight is 305 g/mol. The van der Waals surface area contributed by atoms with Crippen LogP contribution >= 0.6 is 11.6 Å². The van der Waals surface area contributed by atoms with Gasteiger partial charge in [-0.2, -0.15) is 0 Å². The molecule has 1 unspecified atom stereocenters. The van der Waals surface area contributed by atoms with Crippen molar-refractivity contribution in [3.63, 3.8) is 0 Å². The fourth-order valence-corrected chi connectivity index (χ4v) is 2.15. The predicted octanol–water partition coefficient (Wildman–Crippen LogP) is 4.57. The third kappa shape index (κ3) is 3.99. The average Bonchev–Trinajstić information content (AvgIpc) is 2.47. The first kappa shape index (κ1) is 15.4. The van der Waals surface area contributed by atoms with Gasteiger partial charge in [0.05, 0.1) is 0 Å². The Morgan fingerprint density at radius 1 is 1.00 bits per heavy atom. The summed E-state index contributed by atoms with van der Waals surface area (Å²) in [6.45, 7) is 1.71. The Labute approximate surface area is 127 Å². The van der Waals surface area contributed by atoms with Crippen LogP contribution in [0.1, 0.15) is 34.1 Å². The molecule has 4 heteroatoms. The van der Waals surface area contributed by atoms with Crippen LogP contribution in [0.2, 0.25) is 5.02 Å². The van der Waals surface area contributed by atoms with E-state index in [0.29, 0.717) is 16.1 Å². The van der Waals surface area contributed by atoms with E-state index >= 15 is 0 Å². The topological polar surface area (TPSA) is 34.1 Å². The molecule has 0 spiro atoms. The van der Waals surface area contributed by atoms with Crippen molar-refractivity contribution in [2.75, 3.05) is 0 Å². The van der Waals surface area contributed by atoms with E-state index < -0.39 is 11.7 Å². The lowest BCUT2D eigenvalue weighted by Gasteiger charge is -2.10. The summed E-state index contributed by atoms with van der Waals surface area (Å²) in [5.74, 6) is -1.12. The van der Waals surface area contributed by atoms with Crippen molar-refractivity contribution in [3.05, 3.63) is 70.5 Å². The second-order valence-corrected chi connectivity index (χ2v) is 5.34. The van der Waals surface area contributed by atoms with Gasteiger partial charge in [0.15, 0.2) is 11.6 Å². The molecule has 0 radical (unpaired) electrons. The molecule has 1 atom stereocenters. The fourth-order valence-electron chi connectivity index (χ4n) is 2.02. The van der Waals surface area contributed by atoms with Crippen molar-refractivity contribution < 1.29 is 14.0 Å². The van der Waals surface area contributed by atoms with Gasteiger partial charge in [0.25, 0.3) is 0 Å². The highest BCUT2D eigenvalue weighted by Gasteiger charge is 2.19. The van der Waals surface area contributed by atoms with Crippen LogP contribution in [0.5, 0.6) is 0 Å². The number of carbonyl (C=O) groups is 2. The number of rotatable bonds is 5. The van der Waals surface area contributed by atoms with E-state index in [2.05, 4.69) is 0 Å². The molecule has 2 rings (SSSR count). The van der Waals surface area contributed by atoms with Gasteiger partial charge in [-0.15, -0.1) is 0 Å². The molecular formula is C17H14ClFO2. The molecule has 0 N–H and O–H groups in total. The number of hydrogen-bond acceptors (Lipinski definition) is 2. The number of halogens is 2. The molecule has 0 saturated carbocycles. The summed E-state index contributed by atoms with van der Waals surface area (Å²) < 4.78 is 12.8. The molecule has 0 aliphatic carbocycles.